The first-order chi connectivity index (χ1) is 27.3. The molecule has 14 nitrogen and oxygen atoms in total. The van der Waals surface area contributed by atoms with Gasteiger partial charge in [0.25, 0.3) is 11.7 Å². The number of Topliss-reactive ketones (excluding diaryl/α,β-unsaturated/α-hetero) is 1. The molecule has 1 saturated carbocycles. The smallest absolute Gasteiger partial charge is 0.329 e. The number of nitrogens with zero attached hydrogens (tertiary/aromatic N) is 1. The summed E-state index contributed by atoms with van der Waals surface area (Å²) < 4.78 is 29.9. The maximum absolute atomic E-state index is 14.4. The van der Waals surface area contributed by atoms with E-state index >= 15 is 0 Å². The number of carbonyl (C=O) groups is 3. The number of allylic oxidation sites excluding steroid dienone is 6. The first-order valence-corrected chi connectivity index (χ1v) is 21.0. The molecule has 2 saturated heterocycles. The van der Waals surface area contributed by atoms with Gasteiger partial charge in [0.15, 0.2) is 0 Å². The fourth-order valence-electron chi connectivity index (χ4n) is 9.32. The number of aliphatic hydroxyl groups is 3. The summed E-state index contributed by atoms with van der Waals surface area (Å²) in [5, 5.41) is 34.3. The van der Waals surface area contributed by atoms with Gasteiger partial charge in [-0.05, 0) is 108 Å². The lowest BCUT2D eigenvalue weighted by Crippen LogP contribution is -2.64. The van der Waals surface area contributed by atoms with Crippen LogP contribution in [0.15, 0.2) is 46.3 Å². The lowest BCUT2D eigenvalue weighted by molar-refractivity contribution is -0.302. The van der Waals surface area contributed by atoms with Gasteiger partial charge < -0.3 is 55.4 Å². The third-order valence-electron chi connectivity index (χ3n) is 12.7. The largest absolute Gasteiger partial charge is 0.456 e. The van der Waals surface area contributed by atoms with E-state index < -0.39 is 77.9 Å². The second kappa shape index (κ2) is 20.9. The number of methoxy groups -OCH3 is 3. The topological polar surface area (TPSA) is 213 Å². The molecule has 1 amide bonds. The molecule has 3 aliphatic heterocycles. The highest BCUT2D eigenvalue weighted by atomic mass is 16.7. The Kier molecular flexibility index (Phi) is 17.2. The summed E-state index contributed by atoms with van der Waals surface area (Å²) in [6, 6.07) is -1.12. The van der Waals surface area contributed by atoms with Crippen LogP contribution < -0.4 is 11.5 Å². The second-order valence-corrected chi connectivity index (χ2v) is 17.5. The van der Waals surface area contributed by atoms with Crippen LogP contribution >= 0.6 is 0 Å². The monoisotopic (exact) mass is 818 g/mol. The molecule has 0 aromatic rings. The lowest BCUT2D eigenvalue weighted by Gasteiger charge is -2.47. The normalized spacial score (nSPS) is 40.9. The van der Waals surface area contributed by atoms with Gasteiger partial charge in [-0.1, -0.05) is 38.5 Å². The van der Waals surface area contributed by atoms with Crippen LogP contribution in [0.5, 0.6) is 0 Å². The highest BCUT2D eigenvalue weighted by Crippen LogP contribution is 2.39. The van der Waals surface area contributed by atoms with Gasteiger partial charge >= 0.3 is 5.97 Å². The predicted octanol–water partition coefficient (Wildman–Crippen LogP) is 3.95. The average Bonchev–Trinajstić information content (AvgIpc) is 3.18. The van der Waals surface area contributed by atoms with E-state index in [4.69, 9.17) is 35.2 Å². The number of fused-ring (bicyclic) bond motifs is 3. The van der Waals surface area contributed by atoms with Crippen molar-refractivity contribution in [3.05, 3.63) is 46.3 Å². The van der Waals surface area contributed by atoms with Crippen molar-refractivity contribution in [2.45, 2.75) is 160 Å². The number of cyclic esters (lactones) is 1. The van der Waals surface area contributed by atoms with E-state index in [1.807, 2.05) is 26.0 Å². The number of esters is 1. The van der Waals surface area contributed by atoms with Crippen LogP contribution in [0, 0.1) is 23.7 Å². The van der Waals surface area contributed by atoms with Crippen molar-refractivity contribution < 1.29 is 53.4 Å². The molecule has 58 heavy (non-hydrogen) atoms. The zero-order chi connectivity index (χ0) is 43.1. The van der Waals surface area contributed by atoms with Crippen molar-refractivity contribution in [3.8, 4) is 0 Å². The molecule has 4 aliphatic rings. The molecule has 3 fully saturated rings. The Balaban J connectivity index is 1.82. The van der Waals surface area contributed by atoms with Crippen LogP contribution in [0.1, 0.15) is 106 Å². The van der Waals surface area contributed by atoms with Gasteiger partial charge in [0.2, 0.25) is 5.79 Å². The number of piperidine rings is 1. The molecule has 13 atom stereocenters. The molecule has 2 bridgehead atoms. The minimum absolute atomic E-state index is 0.00844. The summed E-state index contributed by atoms with van der Waals surface area (Å²) in [5.74, 6) is -6.88. The molecule has 4 rings (SSSR count). The first kappa shape index (κ1) is 47.6. The summed E-state index contributed by atoms with van der Waals surface area (Å²) in [5.41, 5.74) is 16.2. The molecule has 0 aromatic heterocycles. The van der Waals surface area contributed by atoms with Gasteiger partial charge in [-0.2, -0.15) is 0 Å². The molecule has 7 N–H and O–H groups in total. The summed E-state index contributed by atoms with van der Waals surface area (Å²) >= 11 is 0. The fourth-order valence-corrected chi connectivity index (χ4v) is 9.32. The predicted molar refractivity (Wildman–Crippen MR) is 218 cm³/mol. The van der Waals surface area contributed by atoms with E-state index in [9.17, 15) is 29.7 Å². The number of ketones is 1. The van der Waals surface area contributed by atoms with E-state index in [0.717, 1.165) is 5.57 Å². The summed E-state index contributed by atoms with van der Waals surface area (Å²) in [6.45, 7) is 11.2. The quantitative estimate of drug-likeness (QED) is 0.146. The Bertz CT molecular complexity index is 1570. The maximum atomic E-state index is 14.4. The van der Waals surface area contributed by atoms with Crippen LogP contribution in [0.4, 0.5) is 0 Å². The number of nitrogens with two attached hydrogens (primary N) is 2. The fraction of sp³-hybridized carbons (Fsp3) is 0.750. The zero-order valence-corrected chi connectivity index (χ0v) is 36.1. The second-order valence-electron chi connectivity index (χ2n) is 17.5. The Morgan fingerprint density at radius 3 is 2.21 bits per heavy atom. The number of aliphatic hydroxyl groups excluding tert-OH is 2. The number of amides is 1. The molecule has 328 valence electrons. The first-order valence-electron chi connectivity index (χ1n) is 21.0. The van der Waals surface area contributed by atoms with Gasteiger partial charge in [0.1, 0.15) is 18.2 Å². The van der Waals surface area contributed by atoms with Gasteiger partial charge in [-0.15, -0.1) is 0 Å². The van der Waals surface area contributed by atoms with Gasteiger partial charge in [-0.25, -0.2) is 4.79 Å². The van der Waals surface area contributed by atoms with Crippen molar-refractivity contribution in [2.75, 3.05) is 27.9 Å². The van der Waals surface area contributed by atoms with Gasteiger partial charge in [-0.3, -0.25) is 9.59 Å². The van der Waals surface area contributed by atoms with Crippen LogP contribution in [-0.4, -0.2) is 120 Å². The molecule has 0 radical (unpaired) electrons. The van der Waals surface area contributed by atoms with Crippen molar-refractivity contribution in [1.29, 1.82) is 0 Å². The van der Waals surface area contributed by atoms with Crippen LogP contribution in [-0.2, 0) is 38.1 Å². The Morgan fingerprint density at radius 2 is 1.57 bits per heavy atom. The Hall–Kier alpha value is -3.11. The maximum Gasteiger partial charge on any atom is 0.329 e. The molecular weight excluding hydrogens is 746 g/mol. The summed E-state index contributed by atoms with van der Waals surface area (Å²) in [7, 11) is 4.64. The Morgan fingerprint density at radius 1 is 0.914 bits per heavy atom. The Labute approximate surface area is 345 Å². The lowest BCUT2D eigenvalue weighted by atomic mass is 9.82. The third-order valence-corrected chi connectivity index (χ3v) is 12.7. The highest BCUT2D eigenvalue weighted by molar-refractivity contribution is 6.39. The van der Waals surface area contributed by atoms with Gasteiger partial charge in [0.05, 0.1) is 30.5 Å². The third kappa shape index (κ3) is 11.4. The standard InChI is InChI=1S/C44H71N3O11/c1-24-16-25(2)18-37(55-8)40-38(56-9)20-27(4)44(53,58-40)41(50)42(51)47-15-11-10-12-33(47)43(52)57-39(26(3)19-30-13-14-34(48)36(22-30)54-7)29(6)35(49)23-32(46)31(17-24)21-28(5)45/h17,19,21,25,27,29-30,33-40,48-49,53H,10-16,18,20,22-23,45-46H2,1-9H3/b24-17+,26-19+,28-21?,32-31-/t25-,27+,29+,30-,33-,34+,35-,36+,37-,38-,39+,40+,44+/m0/s1. The number of ether oxygens (including phenoxy) is 5. The minimum atomic E-state index is -2.50. The molecule has 14 heteroatoms. The zero-order valence-electron chi connectivity index (χ0n) is 36.1. The molecule has 1 aliphatic carbocycles. The molecule has 0 unspecified atom stereocenters. The molecule has 0 spiro atoms. The molecule has 3 heterocycles. The number of hydrogen-bond acceptors (Lipinski definition) is 13. The summed E-state index contributed by atoms with van der Waals surface area (Å²) in [6.07, 6.45) is 5.28. The van der Waals surface area contributed by atoms with Gasteiger partial charge in [0, 0.05) is 57.5 Å². The number of hydrogen-bond donors (Lipinski definition) is 5. The highest BCUT2D eigenvalue weighted by Gasteiger charge is 2.56. The van der Waals surface area contributed by atoms with Crippen LogP contribution in [0.2, 0.25) is 0 Å². The van der Waals surface area contributed by atoms with E-state index in [1.165, 1.54) is 19.1 Å². The number of rotatable bonds is 6. The van der Waals surface area contributed by atoms with Crippen molar-refractivity contribution in [2.24, 2.45) is 35.1 Å². The van der Waals surface area contributed by atoms with E-state index in [1.54, 1.807) is 34.0 Å². The van der Waals surface area contributed by atoms with E-state index in [2.05, 4.69) is 6.92 Å². The van der Waals surface area contributed by atoms with Crippen LogP contribution in [0.25, 0.3) is 0 Å². The summed E-state index contributed by atoms with van der Waals surface area (Å²) in [4.78, 5) is 44.1. The van der Waals surface area contributed by atoms with Crippen molar-refractivity contribution in [3.63, 3.8) is 0 Å². The van der Waals surface area contributed by atoms with Crippen molar-refractivity contribution in [1.82, 2.24) is 4.90 Å². The molecule has 0 aromatic carbocycles. The SMILES string of the molecule is CO[C@H]1C[C@@H](C)C/C(C)=C/C(C=C(C)N)=C(/N)C[C@H](O)[C@@H](C)[C@@H](/C(C)=C/[C@@H]2CC[C@@H](O)[C@H](OC)C2)OC(=O)[C@@H]2CCCCN2C(=O)C(=O)[C@]2(O)O[C@H]1[C@@H](OC)C[C@H]2C. The molecular formula is C44H71N3O11. The van der Waals surface area contributed by atoms with Crippen LogP contribution in [0.3, 0.4) is 0 Å². The van der Waals surface area contributed by atoms with E-state index in [-0.39, 0.29) is 43.7 Å². The van der Waals surface area contributed by atoms with E-state index in [0.29, 0.717) is 67.5 Å². The minimum Gasteiger partial charge on any atom is -0.456 e. The van der Waals surface area contributed by atoms with Crippen molar-refractivity contribution >= 4 is 17.7 Å². The number of carbonyl (C=O) groups excluding carboxylic acids is 3. The average molecular weight is 818 g/mol.